The summed E-state index contributed by atoms with van der Waals surface area (Å²) in [5.41, 5.74) is 7.37. The smallest absolute Gasteiger partial charge is 0.286 e. The highest BCUT2D eigenvalue weighted by atomic mass is 32.2. The molecule has 5 rings (SSSR count). The van der Waals surface area contributed by atoms with Gasteiger partial charge in [0.05, 0.1) is 11.9 Å². The van der Waals surface area contributed by atoms with Gasteiger partial charge >= 0.3 is 0 Å². The van der Waals surface area contributed by atoms with Crippen LogP contribution in [0.5, 0.6) is 11.6 Å². The summed E-state index contributed by atoms with van der Waals surface area (Å²) >= 11 is 1.04. The summed E-state index contributed by atoms with van der Waals surface area (Å²) in [6, 6.07) is 15.9. The molecule has 210 valence electrons. The highest BCUT2D eigenvalue weighted by molar-refractivity contribution is 8.15. The molecule has 0 radical (unpaired) electrons. The first-order chi connectivity index (χ1) is 19.1. The molecular formula is C31H34N2O6S. The van der Waals surface area contributed by atoms with E-state index >= 15 is 0 Å². The molecule has 2 fully saturated rings. The maximum Gasteiger partial charge on any atom is 0.286 e. The monoisotopic (exact) mass is 562 g/mol. The van der Waals surface area contributed by atoms with Crippen molar-refractivity contribution < 1.29 is 28.5 Å². The van der Waals surface area contributed by atoms with Gasteiger partial charge < -0.3 is 18.9 Å². The summed E-state index contributed by atoms with van der Waals surface area (Å²) in [4.78, 5) is 28.0. The summed E-state index contributed by atoms with van der Waals surface area (Å²) in [5, 5.41) is 1.66. The van der Waals surface area contributed by atoms with Crippen molar-refractivity contribution in [1.82, 2.24) is 10.3 Å². The Kier molecular flexibility index (Phi) is 8.16. The third kappa shape index (κ3) is 6.49. The number of imide groups is 1. The Morgan fingerprint density at radius 3 is 2.50 bits per heavy atom. The molecule has 0 saturated carbocycles. The fourth-order valence-electron chi connectivity index (χ4n) is 5.04. The zero-order valence-electron chi connectivity index (χ0n) is 23.4. The number of hydrogen-bond donors (Lipinski definition) is 1. The number of carbonyl (C=O) groups is 2. The van der Waals surface area contributed by atoms with Gasteiger partial charge in [0.2, 0.25) is 11.8 Å². The number of nitrogens with zero attached hydrogens (tertiary/aromatic N) is 1. The molecule has 2 aliphatic rings. The summed E-state index contributed by atoms with van der Waals surface area (Å²) < 4.78 is 23.5. The number of pyridine rings is 1. The van der Waals surface area contributed by atoms with E-state index in [-0.39, 0.29) is 22.5 Å². The van der Waals surface area contributed by atoms with Crippen LogP contribution in [0.2, 0.25) is 0 Å². The molecule has 0 spiro atoms. The Hall–Kier alpha value is -3.40. The quantitative estimate of drug-likeness (QED) is 0.356. The lowest BCUT2D eigenvalue weighted by atomic mass is 9.93. The van der Waals surface area contributed by atoms with Crippen LogP contribution < -0.4 is 14.8 Å². The van der Waals surface area contributed by atoms with Gasteiger partial charge in [-0.15, -0.1) is 0 Å². The van der Waals surface area contributed by atoms with Crippen LogP contribution in [0.3, 0.4) is 0 Å². The van der Waals surface area contributed by atoms with E-state index in [9.17, 15) is 9.59 Å². The number of rotatable bonds is 9. The zero-order valence-corrected chi connectivity index (χ0v) is 24.2. The second-order valence-electron chi connectivity index (χ2n) is 10.6. The number of thioether (sulfide) groups is 1. The Balaban J connectivity index is 1.23. The van der Waals surface area contributed by atoms with E-state index in [1.807, 2.05) is 57.2 Å². The van der Waals surface area contributed by atoms with Crippen molar-refractivity contribution in [2.45, 2.75) is 64.8 Å². The van der Waals surface area contributed by atoms with Crippen molar-refractivity contribution in [3.8, 4) is 22.8 Å². The van der Waals surface area contributed by atoms with Crippen LogP contribution in [0, 0.1) is 20.8 Å². The molecule has 3 aromatic rings. The number of ether oxygens (including phenoxy) is 4. The number of aromatic nitrogens is 1. The molecule has 3 heterocycles. The summed E-state index contributed by atoms with van der Waals surface area (Å²) in [6.45, 7) is 11.3. The standard InChI is InChI=1S/C31H34N2O6S/c1-18-13-27(37-16-24-17-38-31(4,5)39-24)32-20(3)28(18)25-8-6-7-22(19(25)2)15-36-23-11-9-21(10-12-23)14-26-29(34)33-30(35)40-26/h6-13,24,26H,14-17H2,1-5H3,(H,33,34,35). The molecule has 1 aromatic heterocycles. The topological polar surface area (TPSA) is 96.0 Å². The molecule has 2 atom stereocenters. The SMILES string of the molecule is Cc1cc(OCC2COC(C)(C)O2)nc(C)c1-c1cccc(COc2ccc(CC3SC(=O)NC3=O)cc2)c1C. The van der Waals surface area contributed by atoms with Crippen molar-refractivity contribution in [1.29, 1.82) is 0 Å². The largest absolute Gasteiger partial charge is 0.489 e. The molecule has 2 saturated heterocycles. The summed E-state index contributed by atoms with van der Waals surface area (Å²) in [6.07, 6.45) is 0.381. The van der Waals surface area contributed by atoms with Crippen LogP contribution >= 0.6 is 11.8 Å². The minimum Gasteiger partial charge on any atom is -0.489 e. The number of amides is 2. The van der Waals surface area contributed by atoms with E-state index in [1.54, 1.807) is 0 Å². The van der Waals surface area contributed by atoms with Gasteiger partial charge in [0.25, 0.3) is 5.24 Å². The lowest BCUT2D eigenvalue weighted by Gasteiger charge is -2.18. The number of benzene rings is 2. The predicted octanol–water partition coefficient (Wildman–Crippen LogP) is 5.68. The first-order valence-electron chi connectivity index (χ1n) is 13.3. The second kappa shape index (κ2) is 11.6. The van der Waals surface area contributed by atoms with Crippen molar-refractivity contribution in [3.63, 3.8) is 0 Å². The number of nitrogens with one attached hydrogen (secondary N) is 1. The average molecular weight is 563 g/mol. The van der Waals surface area contributed by atoms with Crippen LogP contribution in [-0.2, 0) is 27.3 Å². The Morgan fingerprint density at radius 1 is 1.07 bits per heavy atom. The molecule has 2 amide bonds. The molecule has 2 aromatic carbocycles. The van der Waals surface area contributed by atoms with Gasteiger partial charge in [-0.05, 0) is 81.0 Å². The number of carbonyl (C=O) groups excluding carboxylic acids is 2. The number of hydrogen-bond acceptors (Lipinski definition) is 8. The fraction of sp³-hybridized carbons (Fsp3) is 0.387. The molecule has 0 bridgehead atoms. The van der Waals surface area contributed by atoms with Crippen molar-refractivity contribution >= 4 is 22.9 Å². The van der Waals surface area contributed by atoms with E-state index in [2.05, 4.69) is 31.3 Å². The van der Waals surface area contributed by atoms with Crippen molar-refractivity contribution in [2.24, 2.45) is 0 Å². The molecule has 8 nitrogen and oxygen atoms in total. The molecule has 9 heteroatoms. The lowest BCUT2D eigenvalue weighted by Crippen LogP contribution is -2.25. The van der Waals surface area contributed by atoms with Crippen LogP contribution in [0.15, 0.2) is 48.5 Å². The zero-order chi connectivity index (χ0) is 28.4. The average Bonchev–Trinajstić information content (AvgIpc) is 3.42. The van der Waals surface area contributed by atoms with E-state index in [0.717, 1.165) is 56.6 Å². The van der Waals surface area contributed by atoms with Gasteiger partial charge in [-0.3, -0.25) is 14.9 Å². The minimum atomic E-state index is -0.580. The molecule has 0 aliphatic carbocycles. The molecule has 2 aliphatic heterocycles. The molecule has 1 N–H and O–H groups in total. The van der Waals surface area contributed by atoms with Gasteiger partial charge in [-0.1, -0.05) is 42.1 Å². The Labute approximate surface area is 238 Å². The first-order valence-corrected chi connectivity index (χ1v) is 14.2. The third-order valence-corrected chi connectivity index (χ3v) is 8.06. The van der Waals surface area contributed by atoms with Crippen molar-refractivity contribution in [2.75, 3.05) is 13.2 Å². The molecule has 2 unspecified atom stereocenters. The van der Waals surface area contributed by atoms with Crippen LogP contribution in [0.1, 0.15) is 41.8 Å². The van der Waals surface area contributed by atoms with Gasteiger partial charge in [-0.2, -0.15) is 0 Å². The lowest BCUT2D eigenvalue weighted by molar-refractivity contribution is -0.141. The summed E-state index contributed by atoms with van der Waals surface area (Å²) in [7, 11) is 0. The van der Waals surface area contributed by atoms with E-state index in [4.69, 9.17) is 23.9 Å². The van der Waals surface area contributed by atoms with Gasteiger partial charge in [-0.25, -0.2) is 4.98 Å². The molecule has 40 heavy (non-hydrogen) atoms. The fourth-order valence-corrected chi connectivity index (χ4v) is 5.90. The maximum absolute atomic E-state index is 11.8. The normalized spacial score (nSPS) is 20.0. The highest BCUT2D eigenvalue weighted by Gasteiger charge is 2.33. The van der Waals surface area contributed by atoms with Crippen LogP contribution in [0.4, 0.5) is 4.79 Å². The Bertz CT molecular complexity index is 1400. The Morgan fingerprint density at radius 2 is 1.85 bits per heavy atom. The van der Waals surface area contributed by atoms with Crippen molar-refractivity contribution in [3.05, 3.63) is 76.5 Å². The second-order valence-corrected chi connectivity index (χ2v) is 11.8. The maximum atomic E-state index is 11.8. The third-order valence-electron chi connectivity index (χ3n) is 7.08. The van der Waals surface area contributed by atoms with E-state index < -0.39 is 5.79 Å². The first kappa shape index (κ1) is 28.1. The van der Waals surface area contributed by atoms with Crippen LogP contribution in [-0.4, -0.2) is 46.5 Å². The summed E-state index contributed by atoms with van der Waals surface area (Å²) in [5.74, 6) is 0.505. The van der Waals surface area contributed by atoms with Gasteiger partial charge in [0, 0.05) is 17.3 Å². The minimum absolute atomic E-state index is 0.120. The highest BCUT2D eigenvalue weighted by Crippen LogP contribution is 2.33. The molecular weight excluding hydrogens is 528 g/mol. The van der Waals surface area contributed by atoms with Gasteiger partial charge in [0.15, 0.2) is 5.79 Å². The van der Waals surface area contributed by atoms with E-state index in [1.165, 1.54) is 0 Å². The number of aryl methyl sites for hydroxylation is 2. The van der Waals surface area contributed by atoms with Gasteiger partial charge in [0.1, 0.15) is 25.1 Å². The van der Waals surface area contributed by atoms with Crippen LogP contribution in [0.25, 0.3) is 11.1 Å². The van der Waals surface area contributed by atoms with E-state index in [0.29, 0.717) is 32.1 Å². The predicted molar refractivity (Wildman–Crippen MR) is 154 cm³/mol.